The maximum absolute atomic E-state index is 5.63. The van der Waals surface area contributed by atoms with E-state index in [9.17, 15) is 0 Å². The lowest BCUT2D eigenvalue weighted by atomic mass is 10.0. The molecule has 1 aliphatic heterocycles. The van der Waals surface area contributed by atoms with Gasteiger partial charge in [0.2, 0.25) is 0 Å². The van der Waals surface area contributed by atoms with Gasteiger partial charge >= 0.3 is 0 Å². The van der Waals surface area contributed by atoms with Gasteiger partial charge in [-0.2, -0.15) is 0 Å². The van der Waals surface area contributed by atoms with Gasteiger partial charge in [0.15, 0.2) is 0 Å². The van der Waals surface area contributed by atoms with E-state index in [-0.39, 0.29) is 0 Å². The molecule has 0 spiro atoms. The van der Waals surface area contributed by atoms with Crippen LogP contribution in [-0.4, -0.2) is 6.61 Å². The molecule has 2 heteroatoms. The van der Waals surface area contributed by atoms with Crippen molar-refractivity contribution < 1.29 is 4.74 Å². The van der Waals surface area contributed by atoms with Crippen molar-refractivity contribution in [2.45, 2.75) is 6.92 Å². The van der Waals surface area contributed by atoms with E-state index in [4.69, 9.17) is 10.5 Å². The first-order valence-electron chi connectivity index (χ1n) is 3.97. The second-order valence-electron chi connectivity index (χ2n) is 2.95. The molecule has 1 aromatic carbocycles. The molecule has 1 aliphatic rings. The van der Waals surface area contributed by atoms with Gasteiger partial charge in [-0.05, 0) is 30.7 Å². The smallest absolute Gasteiger partial charge is 0.129 e. The van der Waals surface area contributed by atoms with Crippen LogP contribution in [0.3, 0.4) is 0 Å². The molecule has 0 amide bonds. The summed E-state index contributed by atoms with van der Waals surface area (Å²) in [5.41, 5.74) is 8.79. The molecule has 2 rings (SSSR count). The SMILES string of the molecule is CC1=CCOc2cc(N)ccc21. The summed E-state index contributed by atoms with van der Waals surface area (Å²) >= 11 is 0. The van der Waals surface area contributed by atoms with E-state index in [0.717, 1.165) is 17.0 Å². The molecule has 0 atom stereocenters. The second kappa shape index (κ2) is 2.55. The highest BCUT2D eigenvalue weighted by atomic mass is 16.5. The summed E-state index contributed by atoms with van der Waals surface area (Å²) in [6.07, 6.45) is 2.07. The van der Waals surface area contributed by atoms with E-state index >= 15 is 0 Å². The fourth-order valence-corrected chi connectivity index (χ4v) is 1.35. The standard InChI is InChI=1S/C10H11NO/c1-7-4-5-12-10-6-8(11)2-3-9(7)10/h2-4,6H,5,11H2,1H3. The summed E-state index contributed by atoms with van der Waals surface area (Å²) < 4.78 is 5.42. The molecule has 62 valence electrons. The molecule has 0 aliphatic carbocycles. The summed E-state index contributed by atoms with van der Waals surface area (Å²) in [6, 6.07) is 5.76. The Morgan fingerprint density at radius 3 is 3.08 bits per heavy atom. The van der Waals surface area contributed by atoms with Crippen LogP contribution in [0.4, 0.5) is 5.69 Å². The Bertz CT molecular complexity index is 342. The van der Waals surface area contributed by atoms with Gasteiger partial charge < -0.3 is 10.5 Å². The number of hydrogen-bond donors (Lipinski definition) is 1. The van der Waals surface area contributed by atoms with Crippen LogP contribution in [0.2, 0.25) is 0 Å². The van der Waals surface area contributed by atoms with Gasteiger partial charge in [-0.3, -0.25) is 0 Å². The molecule has 0 saturated heterocycles. The molecule has 0 bridgehead atoms. The third-order valence-electron chi connectivity index (χ3n) is 2.06. The van der Waals surface area contributed by atoms with Crippen LogP contribution < -0.4 is 10.5 Å². The fraction of sp³-hybridized carbons (Fsp3) is 0.200. The monoisotopic (exact) mass is 161 g/mol. The molecule has 0 aromatic heterocycles. The van der Waals surface area contributed by atoms with Gasteiger partial charge in [0, 0.05) is 17.3 Å². The van der Waals surface area contributed by atoms with Crippen LogP contribution in [0.1, 0.15) is 12.5 Å². The Morgan fingerprint density at radius 2 is 2.25 bits per heavy atom. The van der Waals surface area contributed by atoms with Crippen LogP contribution in [0.15, 0.2) is 24.3 Å². The van der Waals surface area contributed by atoms with Crippen LogP contribution in [0.5, 0.6) is 5.75 Å². The van der Waals surface area contributed by atoms with Crippen LogP contribution in [0.25, 0.3) is 5.57 Å². The van der Waals surface area contributed by atoms with Gasteiger partial charge in [0.05, 0.1) is 0 Å². The Morgan fingerprint density at radius 1 is 1.42 bits per heavy atom. The van der Waals surface area contributed by atoms with E-state index in [2.05, 4.69) is 13.0 Å². The van der Waals surface area contributed by atoms with Crippen molar-refractivity contribution in [3.05, 3.63) is 29.8 Å². The summed E-state index contributed by atoms with van der Waals surface area (Å²) in [5.74, 6) is 0.898. The fourth-order valence-electron chi connectivity index (χ4n) is 1.35. The molecule has 2 nitrogen and oxygen atoms in total. The lowest BCUT2D eigenvalue weighted by Crippen LogP contribution is -2.03. The quantitative estimate of drug-likeness (QED) is 0.591. The number of benzene rings is 1. The van der Waals surface area contributed by atoms with E-state index in [1.54, 1.807) is 0 Å². The largest absolute Gasteiger partial charge is 0.489 e. The third-order valence-corrected chi connectivity index (χ3v) is 2.06. The Labute approximate surface area is 71.6 Å². The zero-order valence-electron chi connectivity index (χ0n) is 7.00. The van der Waals surface area contributed by atoms with E-state index < -0.39 is 0 Å². The topological polar surface area (TPSA) is 35.2 Å². The Hall–Kier alpha value is -1.44. The number of rotatable bonds is 0. The minimum atomic E-state index is 0.655. The molecule has 0 radical (unpaired) electrons. The lowest BCUT2D eigenvalue weighted by molar-refractivity contribution is 0.357. The predicted molar refractivity (Wildman–Crippen MR) is 50.0 cm³/mol. The normalized spacial score (nSPS) is 14.6. The summed E-state index contributed by atoms with van der Waals surface area (Å²) in [5, 5.41) is 0. The van der Waals surface area contributed by atoms with Gasteiger partial charge in [-0.15, -0.1) is 0 Å². The lowest BCUT2D eigenvalue weighted by Gasteiger charge is -2.16. The van der Waals surface area contributed by atoms with Crippen molar-refractivity contribution in [1.29, 1.82) is 0 Å². The Balaban J connectivity index is 2.56. The van der Waals surface area contributed by atoms with Crippen molar-refractivity contribution in [1.82, 2.24) is 0 Å². The van der Waals surface area contributed by atoms with Gasteiger partial charge in [-0.25, -0.2) is 0 Å². The van der Waals surface area contributed by atoms with Gasteiger partial charge in [-0.1, -0.05) is 0 Å². The number of fused-ring (bicyclic) bond motifs is 1. The number of ether oxygens (including phenoxy) is 1. The number of anilines is 1. The maximum atomic E-state index is 5.63. The number of nitrogens with two attached hydrogens (primary N) is 1. The first kappa shape index (κ1) is 7.22. The molecule has 1 aromatic rings. The maximum Gasteiger partial charge on any atom is 0.129 e. The summed E-state index contributed by atoms with van der Waals surface area (Å²) in [4.78, 5) is 0. The van der Waals surface area contributed by atoms with Crippen molar-refractivity contribution in [2.24, 2.45) is 0 Å². The van der Waals surface area contributed by atoms with Crippen molar-refractivity contribution in [2.75, 3.05) is 12.3 Å². The zero-order valence-corrected chi connectivity index (χ0v) is 7.00. The number of allylic oxidation sites excluding steroid dienone is 1. The van der Waals surface area contributed by atoms with Crippen LogP contribution in [0, 0.1) is 0 Å². The second-order valence-corrected chi connectivity index (χ2v) is 2.95. The average Bonchev–Trinajstić information content (AvgIpc) is 2.04. The predicted octanol–water partition coefficient (Wildman–Crippen LogP) is 2.06. The highest BCUT2D eigenvalue weighted by Gasteiger charge is 2.09. The number of nitrogen functional groups attached to an aromatic ring is 1. The van der Waals surface area contributed by atoms with Crippen molar-refractivity contribution >= 4 is 11.3 Å². The van der Waals surface area contributed by atoms with Crippen LogP contribution >= 0.6 is 0 Å². The van der Waals surface area contributed by atoms with Gasteiger partial charge in [0.1, 0.15) is 12.4 Å². The molecule has 2 N–H and O–H groups in total. The molecule has 0 unspecified atom stereocenters. The molecule has 0 saturated carbocycles. The van der Waals surface area contributed by atoms with Crippen molar-refractivity contribution in [3.8, 4) is 5.75 Å². The average molecular weight is 161 g/mol. The Kier molecular flexibility index (Phi) is 1.54. The van der Waals surface area contributed by atoms with Gasteiger partial charge in [0.25, 0.3) is 0 Å². The minimum absolute atomic E-state index is 0.655. The van der Waals surface area contributed by atoms with E-state index in [1.807, 2.05) is 18.2 Å². The molecule has 0 fully saturated rings. The highest BCUT2D eigenvalue weighted by molar-refractivity contribution is 5.72. The third kappa shape index (κ3) is 1.05. The highest BCUT2D eigenvalue weighted by Crippen LogP contribution is 2.30. The minimum Gasteiger partial charge on any atom is -0.489 e. The van der Waals surface area contributed by atoms with E-state index in [1.165, 1.54) is 5.57 Å². The van der Waals surface area contributed by atoms with Crippen LogP contribution in [-0.2, 0) is 0 Å². The summed E-state index contributed by atoms with van der Waals surface area (Å²) in [7, 11) is 0. The van der Waals surface area contributed by atoms with E-state index in [0.29, 0.717) is 6.61 Å². The summed E-state index contributed by atoms with van der Waals surface area (Å²) in [6.45, 7) is 2.74. The molecule has 12 heavy (non-hydrogen) atoms. The molecular formula is C10H11NO. The zero-order chi connectivity index (χ0) is 8.55. The molecule has 1 heterocycles. The molecular weight excluding hydrogens is 150 g/mol. The first-order chi connectivity index (χ1) is 5.77. The number of hydrogen-bond acceptors (Lipinski definition) is 2. The first-order valence-corrected chi connectivity index (χ1v) is 3.97. The van der Waals surface area contributed by atoms with Crippen molar-refractivity contribution in [3.63, 3.8) is 0 Å².